The molecule has 3 saturated heterocycles. The van der Waals surface area contributed by atoms with Crippen molar-refractivity contribution in [2.45, 2.75) is 96.3 Å². The maximum Gasteiger partial charge on any atom is -0.00187 e. The van der Waals surface area contributed by atoms with Crippen LogP contribution in [0.5, 0.6) is 0 Å². The second-order valence-electron chi connectivity index (χ2n) is 7.32. The average Bonchev–Trinajstić information content (AvgIpc) is 2.46. The van der Waals surface area contributed by atoms with E-state index < -0.39 is 0 Å². The highest BCUT2D eigenvalue weighted by molar-refractivity contribution is 4.66. The fourth-order valence-corrected chi connectivity index (χ4v) is 4.13. The van der Waals surface area contributed by atoms with Crippen LogP contribution in [-0.2, 0) is 0 Å². The zero-order valence-electron chi connectivity index (χ0n) is 13.8. The molecule has 0 saturated carbocycles. The Morgan fingerprint density at radius 3 is 1.25 bits per heavy atom. The van der Waals surface area contributed by atoms with Gasteiger partial charge in [0.05, 0.1) is 0 Å². The third-order valence-electron chi connectivity index (χ3n) is 5.51. The van der Waals surface area contributed by atoms with Gasteiger partial charge < -0.3 is 4.90 Å². The first kappa shape index (κ1) is 16.3. The molecule has 3 aliphatic rings. The summed E-state index contributed by atoms with van der Waals surface area (Å²) in [5.41, 5.74) is 0. The van der Waals surface area contributed by atoms with Crippen molar-refractivity contribution < 1.29 is 0 Å². The molecular formula is C19H37N. The lowest BCUT2D eigenvalue weighted by atomic mass is 9.89. The minimum atomic E-state index is 1.07. The molecule has 2 bridgehead atoms. The van der Waals surface area contributed by atoms with E-state index in [1.807, 2.05) is 0 Å². The lowest BCUT2D eigenvalue weighted by molar-refractivity contribution is 0.248. The van der Waals surface area contributed by atoms with Gasteiger partial charge in [-0.2, -0.15) is 0 Å². The second-order valence-corrected chi connectivity index (χ2v) is 7.32. The van der Waals surface area contributed by atoms with Crippen LogP contribution in [0, 0.1) is 5.92 Å². The summed E-state index contributed by atoms with van der Waals surface area (Å²) < 4.78 is 0. The van der Waals surface area contributed by atoms with Gasteiger partial charge in [-0.15, -0.1) is 0 Å². The van der Waals surface area contributed by atoms with Crippen LogP contribution >= 0.6 is 0 Å². The second kappa shape index (κ2) is 10.7. The van der Waals surface area contributed by atoms with Crippen LogP contribution in [0.3, 0.4) is 0 Å². The molecular weight excluding hydrogens is 242 g/mol. The van der Waals surface area contributed by atoms with Crippen molar-refractivity contribution in [1.29, 1.82) is 0 Å². The quantitative estimate of drug-likeness (QED) is 0.543. The summed E-state index contributed by atoms with van der Waals surface area (Å²) >= 11 is 0. The molecule has 0 aliphatic carbocycles. The van der Waals surface area contributed by atoms with Gasteiger partial charge in [0.25, 0.3) is 0 Å². The Bertz CT molecular complexity index is 184. The summed E-state index contributed by atoms with van der Waals surface area (Å²) in [6.45, 7) is 4.14. The molecule has 3 heterocycles. The summed E-state index contributed by atoms with van der Waals surface area (Å²) in [5, 5.41) is 0. The molecule has 0 amide bonds. The number of nitrogens with zero attached hydrogens (tertiary/aromatic N) is 1. The van der Waals surface area contributed by atoms with Crippen LogP contribution in [0.2, 0.25) is 0 Å². The Kier molecular flexibility index (Phi) is 8.70. The number of rotatable bonds is 0. The first-order valence-electron chi connectivity index (χ1n) is 9.67. The van der Waals surface area contributed by atoms with Crippen molar-refractivity contribution in [2.24, 2.45) is 5.92 Å². The van der Waals surface area contributed by atoms with Gasteiger partial charge in [0, 0.05) is 0 Å². The fourth-order valence-electron chi connectivity index (χ4n) is 4.13. The van der Waals surface area contributed by atoms with E-state index in [2.05, 4.69) is 4.90 Å². The zero-order chi connectivity index (χ0) is 13.9. The Balaban J connectivity index is 1.88. The number of hydrogen-bond donors (Lipinski definition) is 0. The first-order valence-corrected chi connectivity index (χ1v) is 9.67. The van der Waals surface area contributed by atoms with Gasteiger partial charge in [0.1, 0.15) is 0 Å². The third kappa shape index (κ3) is 7.11. The minimum absolute atomic E-state index is 1.07. The smallest absolute Gasteiger partial charge is 0.00187 e. The Hall–Kier alpha value is -0.0400. The molecule has 0 spiro atoms. The summed E-state index contributed by atoms with van der Waals surface area (Å²) in [6, 6.07) is 0. The maximum atomic E-state index is 2.78. The van der Waals surface area contributed by atoms with Crippen LogP contribution in [0.25, 0.3) is 0 Å². The predicted molar refractivity (Wildman–Crippen MR) is 89.2 cm³/mol. The van der Waals surface area contributed by atoms with Gasteiger partial charge in [0.2, 0.25) is 0 Å². The Morgan fingerprint density at radius 2 is 0.750 bits per heavy atom. The highest BCUT2D eigenvalue weighted by atomic mass is 15.1. The molecule has 20 heavy (non-hydrogen) atoms. The Morgan fingerprint density at radius 1 is 0.400 bits per heavy atom. The van der Waals surface area contributed by atoms with Crippen molar-refractivity contribution in [2.75, 3.05) is 19.6 Å². The van der Waals surface area contributed by atoms with Crippen LogP contribution in [0.4, 0.5) is 0 Å². The van der Waals surface area contributed by atoms with Crippen molar-refractivity contribution in [1.82, 2.24) is 4.90 Å². The SMILES string of the molecule is C1CCCCN2CCCCCC(CCC1)CCCCC2. The van der Waals surface area contributed by atoms with Crippen LogP contribution in [0.15, 0.2) is 0 Å². The third-order valence-corrected chi connectivity index (χ3v) is 5.51. The highest BCUT2D eigenvalue weighted by Crippen LogP contribution is 2.25. The summed E-state index contributed by atoms with van der Waals surface area (Å²) in [5.74, 6) is 1.07. The summed E-state index contributed by atoms with van der Waals surface area (Å²) in [6.07, 6.45) is 22.4. The summed E-state index contributed by atoms with van der Waals surface area (Å²) in [7, 11) is 0. The molecule has 0 aromatic rings. The van der Waals surface area contributed by atoms with E-state index >= 15 is 0 Å². The topological polar surface area (TPSA) is 3.24 Å². The van der Waals surface area contributed by atoms with E-state index in [0.717, 1.165) is 5.92 Å². The number of hydrogen-bond acceptors (Lipinski definition) is 1. The molecule has 1 nitrogen and oxygen atoms in total. The average molecular weight is 280 g/mol. The van der Waals surface area contributed by atoms with Crippen LogP contribution < -0.4 is 0 Å². The van der Waals surface area contributed by atoms with E-state index in [1.165, 1.54) is 116 Å². The van der Waals surface area contributed by atoms with Gasteiger partial charge in [0.15, 0.2) is 0 Å². The molecule has 0 atom stereocenters. The predicted octanol–water partition coefficient (Wildman–Crippen LogP) is 5.78. The van der Waals surface area contributed by atoms with Crippen LogP contribution in [-0.4, -0.2) is 24.5 Å². The molecule has 0 aromatic heterocycles. The molecule has 3 aliphatic heterocycles. The van der Waals surface area contributed by atoms with E-state index in [4.69, 9.17) is 0 Å². The fraction of sp³-hybridized carbons (Fsp3) is 1.00. The minimum Gasteiger partial charge on any atom is -0.303 e. The maximum absolute atomic E-state index is 2.78. The van der Waals surface area contributed by atoms with Gasteiger partial charge in [-0.05, 0) is 44.8 Å². The van der Waals surface area contributed by atoms with E-state index in [0.29, 0.717) is 0 Å². The molecule has 3 rings (SSSR count). The van der Waals surface area contributed by atoms with E-state index in [1.54, 1.807) is 0 Å². The molecule has 3 fully saturated rings. The van der Waals surface area contributed by atoms with Gasteiger partial charge in [-0.25, -0.2) is 0 Å². The first-order chi connectivity index (χ1) is 9.95. The normalized spacial score (nSPS) is 32.4. The molecule has 1 heteroatoms. The van der Waals surface area contributed by atoms with Crippen molar-refractivity contribution in [3.05, 3.63) is 0 Å². The van der Waals surface area contributed by atoms with Gasteiger partial charge >= 0.3 is 0 Å². The van der Waals surface area contributed by atoms with Crippen LogP contribution in [0.1, 0.15) is 96.3 Å². The standard InChI is InChI=1S/C19H37N/c1-2-4-10-16-20-17-11-5-8-14-19(13-7-3-1)15-9-6-12-18-20/h19H,1-18H2. The lowest BCUT2D eigenvalue weighted by Gasteiger charge is -2.24. The monoisotopic (exact) mass is 279 g/mol. The van der Waals surface area contributed by atoms with Crippen molar-refractivity contribution in [3.63, 3.8) is 0 Å². The highest BCUT2D eigenvalue weighted by Gasteiger charge is 2.11. The Labute approximate surface area is 127 Å². The lowest BCUT2D eigenvalue weighted by Crippen LogP contribution is -2.27. The molecule has 0 N–H and O–H groups in total. The largest absolute Gasteiger partial charge is 0.303 e. The molecule has 0 aromatic carbocycles. The zero-order valence-corrected chi connectivity index (χ0v) is 13.8. The summed E-state index contributed by atoms with van der Waals surface area (Å²) in [4.78, 5) is 2.78. The van der Waals surface area contributed by atoms with E-state index in [-0.39, 0.29) is 0 Å². The molecule has 0 unspecified atom stereocenters. The van der Waals surface area contributed by atoms with Crippen molar-refractivity contribution in [3.8, 4) is 0 Å². The van der Waals surface area contributed by atoms with Crippen molar-refractivity contribution >= 4 is 0 Å². The van der Waals surface area contributed by atoms with Gasteiger partial charge in [-0.1, -0.05) is 77.0 Å². The van der Waals surface area contributed by atoms with E-state index in [9.17, 15) is 0 Å². The molecule has 118 valence electrons. The molecule has 0 radical (unpaired) electrons. The van der Waals surface area contributed by atoms with Gasteiger partial charge in [-0.3, -0.25) is 0 Å². The number of fused-ring (bicyclic) bond motifs is 15.